The standard InChI is InChI=1S/C21H24N4/c1-24(2)18-7-5-14-9-16(22-20(14)12-18)11-17-10-15-6-8-19(25(3)4)13-21(15)23-17/h5-10,12-13,22-23H,11H2,1-4H3. The molecule has 0 aliphatic carbocycles. The normalized spacial score (nSPS) is 11.4. The molecule has 0 amide bonds. The number of fused-ring (bicyclic) bond motifs is 2. The van der Waals surface area contributed by atoms with Crippen molar-refractivity contribution >= 4 is 33.2 Å². The summed E-state index contributed by atoms with van der Waals surface area (Å²) in [5.41, 5.74) is 7.25. The van der Waals surface area contributed by atoms with Crippen LogP contribution in [0.2, 0.25) is 0 Å². The molecule has 0 aliphatic heterocycles. The number of nitrogens with one attached hydrogen (secondary N) is 2. The van der Waals surface area contributed by atoms with Crippen molar-refractivity contribution in [3.8, 4) is 0 Å². The number of nitrogens with zero attached hydrogens (tertiary/aromatic N) is 2. The summed E-state index contributed by atoms with van der Waals surface area (Å²) in [4.78, 5) is 11.4. The van der Waals surface area contributed by atoms with E-state index >= 15 is 0 Å². The zero-order chi connectivity index (χ0) is 17.6. The van der Waals surface area contributed by atoms with Gasteiger partial charge in [-0.15, -0.1) is 0 Å². The predicted molar refractivity (Wildman–Crippen MR) is 108 cm³/mol. The first-order valence-electron chi connectivity index (χ1n) is 8.57. The van der Waals surface area contributed by atoms with Crippen molar-refractivity contribution in [2.75, 3.05) is 38.0 Å². The lowest BCUT2D eigenvalue weighted by molar-refractivity contribution is 1.07. The van der Waals surface area contributed by atoms with Crippen LogP contribution in [0.25, 0.3) is 21.8 Å². The van der Waals surface area contributed by atoms with Gasteiger partial charge in [0.25, 0.3) is 0 Å². The molecule has 0 radical (unpaired) electrons. The molecule has 2 heterocycles. The molecule has 0 saturated heterocycles. The summed E-state index contributed by atoms with van der Waals surface area (Å²) in [5.74, 6) is 0. The molecule has 2 aromatic heterocycles. The maximum absolute atomic E-state index is 3.56. The van der Waals surface area contributed by atoms with Crippen LogP contribution >= 0.6 is 0 Å². The molecule has 0 spiro atoms. The van der Waals surface area contributed by atoms with E-state index in [2.05, 4.69) is 96.5 Å². The van der Waals surface area contributed by atoms with Crippen LogP contribution in [0.3, 0.4) is 0 Å². The Morgan fingerprint density at radius 2 is 1.08 bits per heavy atom. The number of rotatable bonds is 4. The molecule has 0 bridgehead atoms. The highest BCUT2D eigenvalue weighted by Crippen LogP contribution is 2.25. The van der Waals surface area contributed by atoms with Crippen LogP contribution in [0.15, 0.2) is 48.5 Å². The minimum atomic E-state index is 0.873. The predicted octanol–water partition coefficient (Wildman–Crippen LogP) is 4.37. The largest absolute Gasteiger partial charge is 0.378 e. The zero-order valence-corrected chi connectivity index (χ0v) is 15.2. The van der Waals surface area contributed by atoms with Crippen LogP contribution in [-0.4, -0.2) is 38.2 Å². The summed E-state index contributed by atoms with van der Waals surface area (Å²) in [5, 5.41) is 2.51. The van der Waals surface area contributed by atoms with Gasteiger partial charge in [-0.2, -0.15) is 0 Å². The fourth-order valence-corrected chi connectivity index (χ4v) is 3.30. The van der Waals surface area contributed by atoms with Crippen molar-refractivity contribution in [2.45, 2.75) is 6.42 Å². The molecule has 4 heteroatoms. The van der Waals surface area contributed by atoms with Crippen molar-refractivity contribution < 1.29 is 0 Å². The van der Waals surface area contributed by atoms with Crippen LogP contribution in [-0.2, 0) is 6.42 Å². The summed E-state index contributed by atoms with van der Waals surface area (Å²) in [6, 6.07) is 17.6. The van der Waals surface area contributed by atoms with Gasteiger partial charge in [0.2, 0.25) is 0 Å². The third-order valence-electron chi connectivity index (χ3n) is 4.74. The van der Waals surface area contributed by atoms with E-state index in [0.29, 0.717) is 0 Å². The van der Waals surface area contributed by atoms with Gasteiger partial charge in [0.05, 0.1) is 0 Å². The molecule has 0 fully saturated rings. The number of hydrogen-bond donors (Lipinski definition) is 2. The maximum atomic E-state index is 3.56. The van der Waals surface area contributed by atoms with Crippen molar-refractivity contribution in [2.24, 2.45) is 0 Å². The van der Waals surface area contributed by atoms with E-state index in [9.17, 15) is 0 Å². The topological polar surface area (TPSA) is 38.1 Å². The van der Waals surface area contributed by atoms with Crippen molar-refractivity contribution in [3.63, 3.8) is 0 Å². The van der Waals surface area contributed by atoms with E-state index in [1.54, 1.807) is 0 Å². The monoisotopic (exact) mass is 332 g/mol. The third-order valence-corrected chi connectivity index (χ3v) is 4.74. The quantitative estimate of drug-likeness (QED) is 0.582. The lowest BCUT2D eigenvalue weighted by Gasteiger charge is -2.11. The van der Waals surface area contributed by atoms with Gasteiger partial charge in [-0.05, 0) is 47.2 Å². The molecule has 0 unspecified atom stereocenters. The van der Waals surface area contributed by atoms with Gasteiger partial charge in [0, 0.05) is 68.4 Å². The number of aromatic nitrogens is 2. The second-order valence-corrected chi connectivity index (χ2v) is 7.10. The van der Waals surface area contributed by atoms with E-state index < -0.39 is 0 Å². The molecular weight excluding hydrogens is 308 g/mol. The first-order valence-corrected chi connectivity index (χ1v) is 8.57. The molecule has 0 saturated carbocycles. The fourth-order valence-electron chi connectivity index (χ4n) is 3.30. The van der Waals surface area contributed by atoms with Gasteiger partial charge < -0.3 is 19.8 Å². The van der Waals surface area contributed by atoms with Crippen molar-refractivity contribution in [3.05, 3.63) is 59.9 Å². The van der Waals surface area contributed by atoms with E-state index in [0.717, 1.165) is 6.42 Å². The van der Waals surface area contributed by atoms with E-state index in [-0.39, 0.29) is 0 Å². The van der Waals surface area contributed by atoms with E-state index in [4.69, 9.17) is 0 Å². The van der Waals surface area contributed by atoms with Crippen LogP contribution < -0.4 is 9.80 Å². The van der Waals surface area contributed by atoms with Gasteiger partial charge in [-0.1, -0.05) is 12.1 Å². The first-order chi connectivity index (χ1) is 12.0. The SMILES string of the molecule is CN(C)c1ccc2cc(Cc3cc4ccc(N(C)C)cc4[nH]3)[nH]c2c1. The summed E-state index contributed by atoms with van der Waals surface area (Å²) in [6.07, 6.45) is 0.873. The average Bonchev–Trinajstić information content (AvgIpc) is 3.15. The molecule has 2 aromatic carbocycles. The lowest BCUT2D eigenvalue weighted by Crippen LogP contribution is -2.07. The van der Waals surface area contributed by atoms with Gasteiger partial charge in [-0.3, -0.25) is 0 Å². The van der Waals surface area contributed by atoms with Crippen LogP contribution in [0.5, 0.6) is 0 Å². The number of hydrogen-bond acceptors (Lipinski definition) is 2. The molecule has 4 rings (SSSR count). The molecule has 128 valence electrons. The third kappa shape index (κ3) is 2.95. The highest BCUT2D eigenvalue weighted by molar-refractivity contribution is 5.85. The molecule has 4 aromatic rings. The van der Waals surface area contributed by atoms with Gasteiger partial charge in [0.15, 0.2) is 0 Å². The summed E-state index contributed by atoms with van der Waals surface area (Å²) in [7, 11) is 8.27. The van der Waals surface area contributed by atoms with Crippen molar-refractivity contribution in [1.82, 2.24) is 9.97 Å². The number of H-pyrrole nitrogens is 2. The van der Waals surface area contributed by atoms with E-state index in [1.807, 2.05) is 0 Å². The molecule has 4 nitrogen and oxygen atoms in total. The second-order valence-electron chi connectivity index (χ2n) is 7.10. The summed E-state index contributed by atoms with van der Waals surface area (Å²) < 4.78 is 0. The van der Waals surface area contributed by atoms with Gasteiger partial charge in [-0.25, -0.2) is 0 Å². The Labute approximate surface area is 148 Å². The molecule has 0 aliphatic rings. The minimum Gasteiger partial charge on any atom is -0.378 e. The van der Waals surface area contributed by atoms with Crippen LogP contribution in [0.1, 0.15) is 11.4 Å². The molecule has 25 heavy (non-hydrogen) atoms. The lowest BCUT2D eigenvalue weighted by atomic mass is 10.2. The number of benzene rings is 2. The maximum Gasteiger partial charge on any atom is 0.0476 e. The van der Waals surface area contributed by atoms with E-state index in [1.165, 1.54) is 44.6 Å². The van der Waals surface area contributed by atoms with Crippen LogP contribution in [0.4, 0.5) is 11.4 Å². The highest BCUT2D eigenvalue weighted by Gasteiger charge is 2.07. The Morgan fingerprint density at radius 3 is 1.48 bits per heavy atom. The van der Waals surface area contributed by atoms with Crippen molar-refractivity contribution in [1.29, 1.82) is 0 Å². The summed E-state index contributed by atoms with van der Waals surface area (Å²) in [6.45, 7) is 0. The van der Waals surface area contributed by atoms with Crippen LogP contribution in [0, 0.1) is 0 Å². The second kappa shape index (κ2) is 5.88. The van der Waals surface area contributed by atoms with Gasteiger partial charge in [0.1, 0.15) is 0 Å². The Bertz CT molecular complexity index is 953. The summed E-state index contributed by atoms with van der Waals surface area (Å²) >= 11 is 0. The highest BCUT2D eigenvalue weighted by atomic mass is 15.1. The molecular formula is C21H24N4. The number of anilines is 2. The molecule has 2 N–H and O–H groups in total. The molecule has 0 atom stereocenters. The zero-order valence-electron chi connectivity index (χ0n) is 15.2. The smallest absolute Gasteiger partial charge is 0.0476 e. The Hall–Kier alpha value is -2.88. The first kappa shape index (κ1) is 15.6. The average molecular weight is 332 g/mol. The number of aromatic amines is 2. The Kier molecular flexibility index (Phi) is 3.68. The van der Waals surface area contributed by atoms with Gasteiger partial charge >= 0.3 is 0 Å². The Balaban J connectivity index is 1.65. The minimum absolute atomic E-state index is 0.873. The Morgan fingerprint density at radius 1 is 0.640 bits per heavy atom. The fraction of sp³-hybridized carbons (Fsp3) is 0.238.